The van der Waals surface area contributed by atoms with Gasteiger partial charge in [0.25, 0.3) is 0 Å². The Labute approximate surface area is 179 Å². The standard InChI is InChI=1S/C22H8S6/c1-3-9-7-11-17-20(25-27-21(17)15(9)13(5-1)23-27)12-8-10-4-2-6-14-16(10)22-18(12)19(11)26-28(22)24-14/h1-8H. The minimum atomic E-state index is 0.211. The molecule has 28 heavy (non-hydrogen) atoms. The molecule has 0 nitrogen and oxygen atoms in total. The minimum absolute atomic E-state index is 0.211. The predicted octanol–water partition coefficient (Wildman–Crippen LogP) is 9.42. The van der Waals surface area contributed by atoms with Gasteiger partial charge in [0.05, 0.1) is 0 Å². The van der Waals surface area contributed by atoms with Gasteiger partial charge in [-0.3, -0.25) is 0 Å². The average Bonchev–Trinajstić information content (AvgIpc) is 3.43. The van der Waals surface area contributed by atoms with Gasteiger partial charge in [-0.1, -0.05) is 84.5 Å². The van der Waals surface area contributed by atoms with Crippen molar-refractivity contribution in [1.82, 2.24) is 0 Å². The van der Waals surface area contributed by atoms with Crippen LogP contribution in [0.15, 0.2) is 68.1 Å². The molecule has 0 N–H and O–H groups in total. The molecule has 0 saturated heterocycles. The molecular weight excluding hydrogens is 457 g/mol. The first-order chi connectivity index (χ1) is 13.9. The molecule has 0 aromatic heterocycles. The molecule has 5 aromatic carbocycles. The van der Waals surface area contributed by atoms with E-state index in [1.54, 1.807) is 29.6 Å². The summed E-state index contributed by atoms with van der Waals surface area (Å²) in [7, 11) is 8.86. The summed E-state index contributed by atoms with van der Waals surface area (Å²) < 4.78 is 3.28. The van der Waals surface area contributed by atoms with Crippen LogP contribution >= 0.6 is 60.3 Å². The lowest BCUT2D eigenvalue weighted by Crippen LogP contribution is -1.88. The SMILES string of the molecule is c1cc2c3c4c5c(c6cc7cccc8c7c7c6c(c5cc3c1)SS=7S8)SS=4S2. The van der Waals surface area contributed by atoms with Gasteiger partial charge < -0.3 is 0 Å². The molecule has 4 aliphatic heterocycles. The number of hydrogen-bond acceptors (Lipinski definition) is 4. The summed E-state index contributed by atoms with van der Waals surface area (Å²) in [5.41, 5.74) is 0. The number of benzene rings is 5. The van der Waals surface area contributed by atoms with Crippen LogP contribution in [0.25, 0.3) is 43.1 Å². The molecule has 9 rings (SSSR count). The van der Waals surface area contributed by atoms with E-state index in [2.05, 4.69) is 91.7 Å². The van der Waals surface area contributed by atoms with Crippen molar-refractivity contribution in [3.8, 4) is 0 Å². The molecule has 6 heteroatoms. The quantitative estimate of drug-likeness (QED) is 0.127. The minimum Gasteiger partial charge on any atom is -0.0605 e. The Hall–Kier alpha value is -0.760. The largest absolute Gasteiger partial charge is 0.0605 e. The Morgan fingerprint density at radius 2 is 1.04 bits per heavy atom. The van der Waals surface area contributed by atoms with E-state index in [1.807, 2.05) is 0 Å². The van der Waals surface area contributed by atoms with E-state index in [-0.39, 0.29) is 17.1 Å². The van der Waals surface area contributed by atoms with Crippen molar-refractivity contribution in [1.29, 1.82) is 0 Å². The molecule has 2 atom stereocenters. The van der Waals surface area contributed by atoms with E-state index in [0.717, 1.165) is 0 Å². The fourth-order valence-electron chi connectivity index (χ4n) is 5.01. The summed E-state index contributed by atoms with van der Waals surface area (Å²) >= 11 is 0. The van der Waals surface area contributed by atoms with Crippen molar-refractivity contribution < 1.29 is 0 Å². The smallest absolute Gasteiger partial charge is 0.0367 e. The first kappa shape index (κ1) is 15.1. The molecule has 4 aliphatic rings. The predicted molar refractivity (Wildman–Crippen MR) is 133 cm³/mol. The van der Waals surface area contributed by atoms with Gasteiger partial charge in [0.15, 0.2) is 0 Å². The lowest BCUT2D eigenvalue weighted by molar-refractivity contribution is 1.52. The Kier molecular flexibility index (Phi) is 2.57. The van der Waals surface area contributed by atoms with E-state index >= 15 is 0 Å². The second-order valence-electron chi connectivity index (χ2n) is 7.43. The molecule has 0 amide bonds. The third-order valence-corrected chi connectivity index (χ3v) is 18.7. The maximum atomic E-state index is 2.50. The fraction of sp³-hybridized carbons (Fsp3) is 0. The van der Waals surface area contributed by atoms with Crippen LogP contribution in [0, 0.1) is 9.02 Å². The summed E-state index contributed by atoms with van der Waals surface area (Å²) in [5, 5.41) is 12.1. The Bertz CT molecular complexity index is 1680. The molecule has 0 radical (unpaired) electrons. The molecule has 0 spiro atoms. The molecule has 0 aliphatic carbocycles. The third kappa shape index (κ3) is 1.51. The van der Waals surface area contributed by atoms with Crippen molar-refractivity contribution in [3.05, 3.63) is 57.6 Å². The average molecular weight is 465 g/mol. The molecule has 4 heterocycles. The van der Waals surface area contributed by atoms with E-state index in [4.69, 9.17) is 0 Å². The monoisotopic (exact) mass is 464 g/mol. The highest BCUT2D eigenvalue weighted by Gasteiger charge is 2.33. The maximum absolute atomic E-state index is 2.50. The van der Waals surface area contributed by atoms with Gasteiger partial charge in [-0.2, -0.15) is 0 Å². The first-order valence-corrected chi connectivity index (χ1v) is 16.8. The summed E-state index contributed by atoms with van der Waals surface area (Å²) in [6.07, 6.45) is 0. The lowest BCUT2D eigenvalue weighted by Gasteiger charge is -2.14. The molecule has 0 saturated carbocycles. The van der Waals surface area contributed by atoms with Gasteiger partial charge in [-0.15, -0.1) is 0 Å². The van der Waals surface area contributed by atoms with Crippen molar-refractivity contribution in [3.63, 3.8) is 0 Å². The summed E-state index contributed by atoms with van der Waals surface area (Å²) in [6, 6.07) is 18.8. The maximum Gasteiger partial charge on any atom is 0.0367 e. The van der Waals surface area contributed by atoms with E-state index in [0.29, 0.717) is 0 Å². The lowest BCUT2D eigenvalue weighted by atomic mass is 9.97. The number of fused-ring (bicyclic) bond motifs is 2. The van der Waals surface area contributed by atoms with E-state index in [1.165, 1.54) is 42.1 Å². The second-order valence-corrected chi connectivity index (χ2v) is 18.8. The van der Waals surface area contributed by atoms with Gasteiger partial charge in [-0.25, -0.2) is 0 Å². The number of hydrogen-bond donors (Lipinski definition) is 0. The molecule has 132 valence electrons. The fourth-order valence-corrected chi connectivity index (χ4v) is 19.9. The van der Waals surface area contributed by atoms with Crippen LogP contribution in [0.2, 0.25) is 0 Å². The van der Waals surface area contributed by atoms with Gasteiger partial charge in [0.1, 0.15) is 0 Å². The van der Waals surface area contributed by atoms with Crippen LogP contribution in [0.4, 0.5) is 0 Å². The molecule has 2 unspecified atom stereocenters. The Morgan fingerprint density at radius 1 is 0.536 bits per heavy atom. The highest BCUT2D eigenvalue weighted by atomic mass is 33.5. The number of rotatable bonds is 0. The molecular formula is C22H8S6. The van der Waals surface area contributed by atoms with Crippen LogP contribution in [0.3, 0.4) is 0 Å². The van der Waals surface area contributed by atoms with Crippen molar-refractivity contribution in [2.45, 2.75) is 19.6 Å². The van der Waals surface area contributed by atoms with Gasteiger partial charge >= 0.3 is 0 Å². The van der Waals surface area contributed by atoms with Crippen LogP contribution < -0.4 is 0 Å². The van der Waals surface area contributed by atoms with Gasteiger partial charge in [0, 0.05) is 50.1 Å². The van der Waals surface area contributed by atoms with E-state index in [9.17, 15) is 0 Å². The normalized spacial score (nSPS) is 22.4. The first-order valence-electron chi connectivity index (χ1n) is 9.03. The van der Waals surface area contributed by atoms with Crippen LogP contribution in [0.1, 0.15) is 0 Å². The summed E-state index contributed by atoms with van der Waals surface area (Å²) in [4.78, 5) is 6.09. The van der Waals surface area contributed by atoms with Crippen LogP contribution in [0.5, 0.6) is 0 Å². The zero-order chi connectivity index (χ0) is 17.7. The van der Waals surface area contributed by atoms with Crippen molar-refractivity contribution in [2.75, 3.05) is 0 Å². The zero-order valence-electron chi connectivity index (χ0n) is 14.1. The topological polar surface area (TPSA) is 0 Å². The third-order valence-electron chi connectivity index (χ3n) is 6.09. The summed E-state index contributed by atoms with van der Waals surface area (Å²) in [5.74, 6) is 0. The molecule has 0 fully saturated rings. The Morgan fingerprint density at radius 3 is 1.54 bits per heavy atom. The van der Waals surface area contributed by atoms with Gasteiger partial charge in [-0.05, 0) is 45.8 Å². The molecule has 0 bridgehead atoms. The molecule has 5 aromatic rings. The second kappa shape index (κ2) is 4.76. The summed E-state index contributed by atoms with van der Waals surface area (Å²) in [6.45, 7) is 0. The van der Waals surface area contributed by atoms with Crippen LogP contribution in [-0.2, 0) is 0 Å². The van der Waals surface area contributed by atoms with Gasteiger partial charge in [0.2, 0.25) is 0 Å². The van der Waals surface area contributed by atoms with Crippen molar-refractivity contribution >= 4 is 103 Å². The van der Waals surface area contributed by atoms with E-state index < -0.39 is 0 Å². The van der Waals surface area contributed by atoms with Crippen molar-refractivity contribution in [2.24, 2.45) is 0 Å². The van der Waals surface area contributed by atoms with Crippen LogP contribution in [-0.4, -0.2) is 0 Å². The zero-order valence-corrected chi connectivity index (χ0v) is 19.0. The highest BCUT2D eigenvalue weighted by Crippen LogP contribution is 2.71. The Balaban J connectivity index is 1.67. The highest BCUT2D eigenvalue weighted by molar-refractivity contribution is 9.14.